The van der Waals surface area contributed by atoms with E-state index < -0.39 is 18.3 Å². The van der Waals surface area contributed by atoms with Crippen LogP contribution >= 0.6 is 11.6 Å². The van der Waals surface area contributed by atoms with E-state index in [1.54, 1.807) is 48.5 Å². The third-order valence-corrected chi connectivity index (χ3v) is 3.84. The molecule has 2 aromatic rings. The molecule has 0 saturated heterocycles. The summed E-state index contributed by atoms with van der Waals surface area (Å²) in [6, 6.07) is 13.9. The third kappa shape index (κ3) is 2.61. The number of benzene rings is 2. The van der Waals surface area contributed by atoms with Crippen molar-refractivity contribution in [2.45, 2.75) is 37.6 Å². The lowest BCUT2D eigenvalue weighted by Crippen LogP contribution is -2.29. The lowest BCUT2D eigenvalue weighted by molar-refractivity contribution is -0.0000930. The van der Waals surface area contributed by atoms with Crippen LogP contribution in [-0.2, 0) is 5.60 Å². The summed E-state index contributed by atoms with van der Waals surface area (Å²) in [5.41, 5.74) is -0.553. The van der Waals surface area contributed by atoms with Crippen LogP contribution in [0.2, 0.25) is 5.02 Å². The standard InChI is InChI=1S/C18H19ClO/c19-15-10-8-14(9-11-15)16-6-2-3-7-17(16)18(20)12-4-1-5-13-18/h2-3,6-11,20H,1,4-5,12-13H2/i12D2,13D2. The molecular weight excluding hydrogens is 268 g/mol. The fourth-order valence-electron chi connectivity index (χ4n) is 2.56. The molecule has 1 saturated carbocycles. The van der Waals surface area contributed by atoms with Gasteiger partial charge >= 0.3 is 0 Å². The smallest absolute Gasteiger partial charge is 0.0902 e. The van der Waals surface area contributed by atoms with E-state index in [2.05, 4.69) is 0 Å². The summed E-state index contributed by atoms with van der Waals surface area (Å²) >= 11 is 5.94. The van der Waals surface area contributed by atoms with Gasteiger partial charge in [-0.1, -0.05) is 67.3 Å². The number of rotatable bonds is 2. The molecule has 0 bridgehead atoms. The Morgan fingerprint density at radius 1 is 0.950 bits per heavy atom. The van der Waals surface area contributed by atoms with Gasteiger partial charge in [0.1, 0.15) is 0 Å². The van der Waals surface area contributed by atoms with Crippen LogP contribution in [0.1, 0.15) is 43.1 Å². The maximum atomic E-state index is 11.3. The van der Waals surface area contributed by atoms with Crippen LogP contribution in [0.5, 0.6) is 0 Å². The van der Waals surface area contributed by atoms with Crippen molar-refractivity contribution in [3.8, 4) is 11.1 Å². The van der Waals surface area contributed by atoms with Crippen molar-refractivity contribution >= 4 is 11.6 Å². The first-order valence-corrected chi connectivity index (χ1v) is 7.15. The van der Waals surface area contributed by atoms with Crippen molar-refractivity contribution in [3.63, 3.8) is 0 Å². The van der Waals surface area contributed by atoms with Crippen molar-refractivity contribution in [1.82, 2.24) is 0 Å². The maximum absolute atomic E-state index is 11.3. The lowest BCUT2D eigenvalue weighted by Gasteiger charge is -2.34. The van der Waals surface area contributed by atoms with E-state index in [1.807, 2.05) is 0 Å². The van der Waals surface area contributed by atoms with Gasteiger partial charge in [0.25, 0.3) is 0 Å². The van der Waals surface area contributed by atoms with Crippen molar-refractivity contribution < 1.29 is 10.6 Å². The van der Waals surface area contributed by atoms with Gasteiger partial charge in [-0.15, -0.1) is 0 Å². The summed E-state index contributed by atoms with van der Waals surface area (Å²) in [6.45, 7) is 0. The first-order chi connectivity index (χ1) is 11.2. The molecule has 1 fully saturated rings. The molecule has 0 amide bonds. The molecule has 2 aromatic carbocycles. The second-order valence-corrected chi connectivity index (χ2v) is 5.41. The van der Waals surface area contributed by atoms with Gasteiger partial charge in [-0.3, -0.25) is 0 Å². The molecule has 1 N–H and O–H groups in total. The monoisotopic (exact) mass is 290 g/mol. The van der Waals surface area contributed by atoms with Crippen LogP contribution in [0.15, 0.2) is 48.5 Å². The molecule has 0 heterocycles. The molecular formula is C18H19ClO. The molecule has 20 heavy (non-hydrogen) atoms. The molecule has 0 unspecified atom stereocenters. The fraction of sp³-hybridized carbons (Fsp3) is 0.333. The Kier molecular flexibility index (Phi) is 2.68. The highest BCUT2D eigenvalue weighted by atomic mass is 35.5. The molecule has 2 heteroatoms. The average molecular weight is 291 g/mol. The predicted octanol–water partition coefficient (Wildman–Crippen LogP) is 5.16. The Morgan fingerprint density at radius 2 is 1.60 bits per heavy atom. The summed E-state index contributed by atoms with van der Waals surface area (Å²) < 4.78 is 33.3. The van der Waals surface area contributed by atoms with Gasteiger partial charge in [-0.25, -0.2) is 0 Å². The molecule has 104 valence electrons. The molecule has 0 spiro atoms. The zero-order valence-corrected chi connectivity index (χ0v) is 11.8. The first-order valence-electron chi connectivity index (χ1n) is 8.77. The van der Waals surface area contributed by atoms with E-state index in [0.29, 0.717) is 17.0 Å². The largest absolute Gasteiger partial charge is 0.385 e. The van der Waals surface area contributed by atoms with Gasteiger partial charge in [-0.05, 0) is 41.6 Å². The van der Waals surface area contributed by atoms with E-state index in [9.17, 15) is 5.11 Å². The minimum absolute atomic E-state index is 0.123. The third-order valence-electron chi connectivity index (χ3n) is 3.59. The van der Waals surface area contributed by atoms with Crippen molar-refractivity contribution in [1.29, 1.82) is 0 Å². The minimum Gasteiger partial charge on any atom is -0.385 e. The zero-order valence-electron chi connectivity index (χ0n) is 15.1. The van der Waals surface area contributed by atoms with Crippen LogP contribution in [-0.4, -0.2) is 5.11 Å². The Bertz CT molecular complexity index is 727. The molecule has 1 aliphatic rings. The zero-order chi connectivity index (χ0) is 17.6. The topological polar surface area (TPSA) is 20.2 Å². The first kappa shape index (κ1) is 9.59. The van der Waals surface area contributed by atoms with Crippen LogP contribution in [0.4, 0.5) is 0 Å². The van der Waals surface area contributed by atoms with Gasteiger partial charge < -0.3 is 5.11 Å². The summed E-state index contributed by atoms with van der Waals surface area (Å²) in [4.78, 5) is 0. The lowest BCUT2D eigenvalue weighted by atomic mass is 9.77. The predicted molar refractivity (Wildman–Crippen MR) is 83.9 cm³/mol. The molecule has 0 atom stereocenters. The number of hydrogen-bond acceptors (Lipinski definition) is 1. The average Bonchev–Trinajstić information content (AvgIpc) is 2.53. The van der Waals surface area contributed by atoms with Gasteiger partial charge in [0, 0.05) is 10.5 Å². The Morgan fingerprint density at radius 3 is 2.30 bits per heavy atom. The van der Waals surface area contributed by atoms with E-state index in [4.69, 9.17) is 17.1 Å². The normalized spacial score (nSPS) is 25.9. The molecule has 1 aliphatic carbocycles. The highest BCUT2D eigenvalue weighted by Gasteiger charge is 2.33. The minimum atomic E-state index is -2.21. The van der Waals surface area contributed by atoms with Crippen LogP contribution < -0.4 is 0 Å². The molecule has 1 nitrogen and oxygen atoms in total. The Labute approximate surface area is 130 Å². The van der Waals surface area contributed by atoms with Crippen molar-refractivity contribution in [3.05, 3.63) is 59.1 Å². The highest BCUT2D eigenvalue weighted by Crippen LogP contribution is 2.41. The highest BCUT2D eigenvalue weighted by molar-refractivity contribution is 6.30. The van der Waals surface area contributed by atoms with Gasteiger partial charge in [0.05, 0.1) is 5.60 Å². The quantitative estimate of drug-likeness (QED) is 0.810. The Hall–Kier alpha value is -1.31. The van der Waals surface area contributed by atoms with Gasteiger partial charge in [0.2, 0.25) is 0 Å². The number of halogens is 1. The summed E-state index contributed by atoms with van der Waals surface area (Å²) in [5.74, 6) is 0. The van der Waals surface area contributed by atoms with Crippen LogP contribution in [0.25, 0.3) is 11.1 Å². The number of aliphatic hydroxyl groups is 1. The number of hydrogen-bond donors (Lipinski definition) is 1. The van der Waals surface area contributed by atoms with Gasteiger partial charge in [0.15, 0.2) is 0 Å². The maximum Gasteiger partial charge on any atom is 0.0902 e. The molecule has 3 rings (SSSR count). The van der Waals surface area contributed by atoms with Crippen molar-refractivity contribution in [2.75, 3.05) is 0 Å². The summed E-state index contributed by atoms with van der Waals surface area (Å²) in [7, 11) is 0. The Balaban J connectivity index is 2.23. The van der Waals surface area contributed by atoms with E-state index in [1.165, 1.54) is 0 Å². The van der Waals surface area contributed by atoms with Crippen LogP contribution in [0.3, 0.4) is 0 Å². The second kappa shape index (κ2) is 5.59. The summed E-state index contributed by atoms with van der Waals surface area (Å²) in [6.07, 6.45) is -3.46. The summed E-state index contributed by atoms with van der Waals surface area (Å²) in [5, 5.41) is 11.9. The van der Waals surface area contributed by atoms with Gasteiger partial charge in [-0.2, -0.15) is 0 Å². The second-order valence-electron chi connectivity index (χ2n) is 4.97. The van der Waals surface area contributed by atoms with E-state index >= 15 is 0 Å². The fourth-order valence-corrected chi connectivity index (χ4v) is 2.69. The van der Waals surface area contributed by atoms with Crippen molar-refractivity contribution in [2.24, 2.45) is 0 Å². The van der Waals surface area contributed by atoms with E-state index in [-0.39, 0.29) is 18.4 Å². The SMILES string of the molecule is [2H]C1([2H])CCCC([2H])([2H])C1(O)c1ccccc1-c1ccc(Cl)cc1. The molecule has 0 aliphatic heterocycles. The van der Waals surface area contributed by atoms with E-state index in [0.717, 1.165) is 5.56 Å². The molecule has 0 radical (unpaired) electrons. The molecule has 0 aromatic heterocycles. The van der Waals surface area contributed by atoms with Crippen LogP contribution in [0, 0.1) is 0 Å².